The van der Waals surface area contributed by atoms with Crippen molar-refractivity contribution in [3.05, 3.63) is 24.3 Å². The average molecular weight is 136 g/mol. The normalized spacial score (nSPS) is 10.5. The van der Waals surface area contributed by atoms with Crippen LogP contribution in [0.25, 0.3) is 11.0 Å². The SMILES string of the molecule is Fc1[c]c2cn[nH]c2nc1. The van der Waals surface area contributed by atoms with Crippen molar-refractivity contribution in [1.29, 1.82) is 0 Å². The van der Waals surface area contributed by atoms with E-state index in [4.69, 9.17) is 0 Å². The molecule has 2 aromatic heterocycles. The largest absolute Gasteiger partial charge is 0.261 e. The molecule has 1 N–H and O–H groups in total. The first-order valence-electron chi connectivity index (χ1n) is 2.73. The Hall–Kier alpha value is -1.45. The Bertz CT molecular complexity index is 355. The van der Waals surface area contributed by atoms with Crippen LogP contribution in [-0.2, 0) is 0 Å². The summed E-state index contributed by atoms with van der Waals surface area (Å²) < 4.78 is 12.4. The molecule has 2 rings (SSSR count). The summed E-state index contributed by atoms with van der Waals surface area (Å²) in [6.45, 7) is 0. The van der Waals surface area contributed by atoms with Gasteiger partial charge >= 0.3 is 0 Å². The minimum Gasteiger partial charge on any atom is -0.261 e. The van der Waals surface area contributed by atoms with Crippen molar-refractivity contribution in [2.45, 2.75) is 0 Å². The lowest BCUT2D eigenvalue weighted by Gasteiger charge is -1.84. The second kappa shape index (κ2) is 1.76. The van der Waals surface area contributed by atoms with E-state index in [1.54, 1.807) is 0 Å². The first-order chi connectivity index (χ1) is 4.86. The summed E-state index contributed by atoms with van der Waals surface area (Å²) in [5, 5.41) is 6.81. The van der Waals surface area contributed by atoms with Crippen LogP contribution < -0.4 is 0 Å². The number of hydrogen-bond acceptors (Lipinski definition) is 2. The average Bonchev–Trinajstić information content (AvgIpc) is 2.33. The van der Waals surface area contributed by atoms with Crippen molar-refractivity contribution in [3.8, 4) is 0 Å². The van der Waals surface area contributed by atoms with Gasteiger partial charge in [-0.2, -0.15) is 5.10 Å². The third kappa shape index (κ3) is 0.655. The lowest BCUT2D eigenvalue weighted by atomic mass is 10.3. The van der Waals surface area contributed by atoms with E-state index in [2.05, 4.69) is 21.2 Å². The minimum atomic E-state index is -0.464. The quantitative estimate of drug-likeness (QED) is 0.584. The molecule has 0 fully saturated rings. The highest BCUT2D eigenvalue weighted by molar-refractivity contribution is 5.72. The zero-order chi connectivity index (χ0) is 6.97. The molecule has 0 aliphatic carbocycles. The molecule has 0 bridgehead atoms. The summed E-state index contributed by atoms with van der Waals surface area (Å²) in [7, 11) is 0. The Morgan fingerprint density at radius 1 is 1.50 bits per heavy atom. The fourth-order valence-corrected chi connectivity index (χ4v) is 0.751. The predicted molar refractivity (Wildman–Crippen MR) is 32.7 cm³/mol. The van der Waals surface area contributed by atoms with E-state index in [1.807, 2.05) is 0 Å². The molecule has 4 heteroatoms. The second-order valence-electron chi connectivity index (χ2n) is 1.86. The van der Waals surface area contributed by atoms with Crippen LogP contribution in [0.3, 0.4) is 0 Å². The van der Waals surface area contributed by atoms with E-state index in [-0.39, 0.29) is 0 Å². The van der Waals surface area contributed by atoms with Gasteiger partial charge in [-0.1, -0.05) is 0 Å². The molecule has 0 amide bonds. The topological polar surface area (TPSA) is 41.6 Å². The van der Waals surface area contributed by atoms with Crippen LogP contribution in [0.4, 0.5) is 4.39 Å². The Morgan fingerprint density at radius 2 is 2.40 bits per heavy atom. The number of pyridine rings is 1. The van der Waals surface area contributed by atoms with Gasteiger partial charge in [0.2, 0.25) is 0 Å². The van der Waals surface area contributed by atoms with Crippen LogP contribution in [0.2, 0.25) is 0 Å². The highest BCUT2D eigenvalue weighted by Gasteiger charge is 1.97. The molecule has 0 spiro atoms. The second-order valence-corrected chi connectivity index (χ2v) is 1.86. The molecule has 0 saturated carbocycles. The van der Waals surface area contributed by atoms with Crippen LogP contribution in [-0.4, -0.2) is 15.2 Å². The van der Waals surface area contributed by atoms with Crippen LogP contribution in [0.15, 0.2) is 12.4 Å². The molecule has 2 heterocycles. The van der Waals surface area contributed by atoms with Gasteiger partial charge in [-0.3, -0.25) is 5.10 Å². The fraction of sp³-hybridized carbons (Fsp3) is 0. The number of rotatable bonds is 0. The van der Waals surface area contributed by atoms with Gasteiger partial charge < -0.3 is 0 Å². The highest BCUT2D eigenvalue weighted by Crippen LogP contribution is 2.06. The molecule has 0 aliphatic heterocycles. The molecule has 0 aliphatic rings. The maximum Gasteiger partial charge on any atom is 0.155 e. The Kier molecular flexibility index (Phi) is 0.943. The van der Waals surface area contributed by atoms with E-state index >= 15 is 0 Å². The number of nitrogens with one attached hydrogen (secondary N) is 1. The van der Waals surface area contributed by atoms with Crippen LogP contribution in [0.5, 0.6) is 0 Å². The summed E-state index contributed by atoms with van der Waals surface area (Å²) in [6.07, 6.45) is 2.58. The zero-order valence-electron chi connectivity index (χ0n) is 4.93. The molecule has 0 saturated heterocycles. The summed E-state index contributed by atoms with van der Waals surface area (Å²) in [6, 6.07) is 2.45. The van der Waals surface area contributed by atoms with E-state index < -0.39 is 5.82 Å². The smallest absolute Gasteiger partial charge is 0.155 e. The van der Waals surface area contributed by atoms with Crippen molar-refractivity contribution in [2.24, 2.45) is 0 Å². The fourth-order valence-electron chi connectivity index (χ4n) is 0.751. The first-order valence-corrected chi connectivity index (χ1v) is 2.73. The van der Waals surface area contributed by atoms with Crippen molar-refractivity contribution in [2.75, 3.05) is 0 Å². The molecule has 0 aromatic carbocycles. The number of aromatic nitrogens is 3. The number of fused-ring (bicyclic) bond motifs is 1. The summed E-state index contributed by atoms with van der Waals surface area (Å²) in [5.74, 6) is -0.464. The number of H-pyrrole nitrogens is 1. The van der Waals surface area contributed by atoms with Crippen molar-refractivity contribution in [1.82, 2.24) is 15.2 Å². The predicted octanol–water partition coefficient (Wildman–Crippen LogP) is 0.897. The number of halogens is 1. The van der Waals surface area contributed by atoms with Gasteiger partial charge in [0, 0.05) is 11.5 Å². The number of nitrogens with zero attached hydrogens (tertiary/aromatic N) is 2. The van der Waals surface area contributed by atoms with Gasteiger partial charge in [-0.15, -0.1) is 0 Å². The Morgan fingerprint density at radius 3 is 3.30 bits per heavy atom. The molecule has 2 aromatic rings. The summed E-state index contributed by atoms with van der Waals surface area (Å²) in [4.78, 5) is 3.72. The maximum absolute atomic E-state index is 12.4. The first kappa shape index (κ1) is 5.34. The molecule has 49 valence electrons. The molecule has 0 atom stereocenters. The van der Waals surface area contributed by atoms with Crippen molar-refractivity contribution >= 4 is 11.0 Å². The van der Waals surface area contributed by atoms with E-state index in [0.717, 1.165) is 6.20 Å². The van der Waals surface area contributed by atoms with Gasteiger partial charge in [0.15, 0.2) is 5.65 Å². The molecule has 10 heavy (non-hydrogen) atoms. The Labute approximate surface area is 55.9 Å². The summed E-state index contributed by atoms with van der Waals surface area (Å²) >= 11 is 0. The van der Waals surface area contributed by atoms with Crippen molar-refractivity contribution < 1.29 is 4.39 Å². The number of hydrogen-bond donors (Lipinski definition) is 1. The Balaban J connectivity index is 2.86. The third-order valence-corrected chi connectivity index (χ3v) is 1.18. The van der Waals surface area contributed by atoms with Gasteiger partial charge in [0.25, 0.3) is 0 Å². The molecular formula is C6H3FN3. The van der Waals surface area contributed by atoms with Gasteiger partial charge in [-0.25, -0.2) is 9.37 Å². The monoisotopic (exact) mass is 136 g/mol. The van der Waals surface area contributed by atoms with E-state index in [1.165, 1.54) is 6.20 Å². The minimum absolute atomic E-state index is 0.464. The van der Waals surface area contributed by atoms with Crippen LogP contribution in [0.1, 0.15) is 0 Å². The lowest BCUT2D eigenvalue weighted by Crippen LogP contribution is -1.78. The van der Waals surface area contributed by atoms with E-state index in [0.29, 0.717) is 11.0 Å². The maximum atomic E-state index is 12.4. The standard InChI is InChI=1S/C6H3FN3/c7-5-1-4-2-9-10-6(4)8-3-5/h2-3H,(H,8,9,10). The van der Waals surface area contributed by atoms with E-state index in [9.17, 15) is 4.39 Å². The van der Waals surface area contributed by atoms with Crippen LogP contribution in [0, 0.1) is 11.9 Å². The van der Waals surface area contributed by atoms with Gasteiger partial charge in [0.05, 0.1) is 12.4 Å². The molecule has 0 unspecified atom stereocenters. The lowest BCUT2D eigenvalue weighted by molar-refractivity contribution is 0.622. The molecule has 3 nitrogen and oxygen atoms in total. The summed E-state index contributed by atoms with van der Waals surface area (Å²) in [5.41, 5.74) is 0.557. The molecule has 1 radical (unpaired) electrons. The van der Waals surface area contributed by atoms with Gasteiger partial charge in [0.1, 0.15) is 5.82 Å². The van der Waals surface area contributed by atoms with Crippen molar-refractivity contribution in [3.63, 3.8) is 0 Å². The zero-order valence-corrected chi connectivity index (χ0v) is 4.93. The highest BCUT2D eigenvalue weighted by atomic mass is 19.1. The van der Waals surface area contributed by atoms with Gasteiger partial charge in [-0.05, 0) is 0 Å². The van der Waals surface area contributed by atoms with Crippen LogP contribution >= 0.6 is 0 Å². The third-order valence-electron chi connectivity index (χ3n) is 1.18. The number of aromatic amines is 1. The molecular weight excluding hydrogens is 133 g/mol.